The SMILES string of the molecule is CC(C)[C@@H]1NC(=O)[C@@H](NC(=O)C(C)(C)O)Cc2ccc3c(c2)C24c5cccc(c5N[C@H]2O3)-c2cccc3[nH]cc(c23)-c2cnc(o2)-c2nc1oc24. The van der Waals surface area contributed by atoms with Crippen LogP contribution >= 0.6 is 0 Å². The molecule has 10 rings (SSSR count). The van der Waals surface area contributed by atoms with Crippen molar-refractivity contribution in [3.8, 4) is 39.8 Å². The van der Waals surface area contributed by atoms with Crippen molar-refractivity contribution in [1.29, 1.82) is 0 Å². The van der Waals surface area contributed by atoms with Gasteiger partial charge in [0.2, 0.25) is 17.7 Å². The summed E-state index contributed by atoms with van der Waals surface area (Å²) >= 11 is 0. The molecule has 0 fully saturated rings. The summed E-state index contributed by atoms with van der Waals surface area (Å²) in [6, 6.07) is 16.5. The number of hydrogen-bond acceptors (Lipinski definition) is 9. The van der Waals surface area contributed by atoms with Crippen LogP contribution in [0.1, 0.15) is 62.1 Å². The third-order valence-corrected chi connectivity index (χ3v) is 10.7. The molecule has 12 heteroatoms. The van der Waals surface area contributed by atoms with Crippen molar-refractivity contribution >= 4 is 28.4 Å². The molecule has 0 saturated heterocycles. The largest absolute Gasteiger partial charge is 0.469 e. The molecular formula is C39H34N6O6. The molecule has 0 aliphatic carbocycles. The van der Waals surface area contributed by atoms with E-state index < -0.39 is 41.1 Å². The van der Waals surface area contributed by atoms with Crippen LogP contribution in [-0.2, 0) is 21.4 Å². The quantitative estimate of drug-likeness (QED) is 0.161. The number of fused-ring (bicyclic) bond motifs is 7. The number of H-pyrrole nitrogens is 1. The Bertz CT molecular complexity index is 2470. The predicted octanol–water partition coefficient (Wildman–Crippen LogP) is 5.56. The number of oxazole rings is 2. The molecule has 0 saturated carbocycles. The molecule has 4 aliphatic rings. The van der Waals surface area contributed by atoms with Crippen molar-refractivity contribution < 1.29 is 28.3 Å². The number of rotatable bonds is 3. The molecule has 3 aromatic carbocycles. The van der Waals surface area contributed by atoms with Crippen molar-refractivity contribution in [2.24, 2.45) is 5.92 Å². The number of amides is 2. The lowest BCUT2D eigenvalue weighted by Crippen LogP contribution is -2.54. The summed E-state index contributed by atoms with van der Waals surface area (Å²) in [6.07, 6.45) is 3.16. The summed E-state index contributed by atoms with van der Waals surface area (Å²) in [6.45, 7) is 6.70. The van der Waals surface area contributed by atoms with Crippen molar-refractivity contribution in [3.05, 3.63) is 95.3 Å². The van der Waals surface area contributed by atoms with E-state index in [1.807, 2.05) is 50.4 Å². The maximum Gasteiger partial charge on any atom is 0.252 e. The number of aromatic nitrogens is 3. The van der Waals surface area contributed by atoms with Gasteiger partial charge in [-0.3, -0.25) is 9.59 Å². The van der Waals surface area contributed by atoms with Crippen LogP contribution in [0.3, 0.4) is 0 Å². The number of aromatic amines is 1. The molecule has 2 amide bonds. The number of carbonyl (C=O) groups is 2. The Balaban J connectivity index is 1.30. The smallest absolute Gasteiger partial charge is 0.252 e. The van der Waals surface area contributed by atoms with Crippen LogP contribution in [0.2, 0.25) is 0 Å². The molecule has 1 spiro atoms. The van der Waals surface area contributed by atoms with E-state index in [-0.39, 0.29) is 24.1 Å². The highest BCUT2D eigenvalue weighted by Gasteiger charge is 2.61. The van der Waals surface area contributed by atoms with Crippen LogP contribution in [-0.4, -0.2) is 49.7 Å². The third-order valence-electron chi connectivity index (χ3n) is 10.7. The van der Waals surface area contributed by atoms with E-state index in [4.69, 9.17) is 23.5 Å². The zero-order valence-electron chi connectivity index (χ0n) is 28.3. The Morgan fingerprint density at radius 1 is 1.04 bits per heavy atom. The molecule has 7 heterocycles. The Morgan fingerprint density at radius 2 is 1.86 bits per heavy atom. The molecule has 0 radical (unpaired) electrons. The van der Waals surface area contributed by atoms with Crippen LogP contribution in [0, 0.1) is 5.92 Å². The molecule has 12 nitrogen and oxygen atoms in total. The number of para-hydroxylation sites is 1. The van der Waals surface area contributed by atoms with Gasteiger partial charge in [0.1, 0.15) is 28.8 Å². The highest BCUT2D eigenvalue weighted by atomic mass is 16.5. The Kier molecular flexibility index (Phi) is 5.94. The second-order valence-electron chi connectivity index (χ2n) is 14.7. The second kappa shape index (κ2) is 10.1. The second-order valence-corrected chi connectivity index (χ2v) is 14.7. The van der Waals surface area contributed by atoms with Gasteiger partial charge in [-0.1, -0.05) is 56.3 Å². The summed E-state index contributed by atoms with van der Waals surface area (Å²) in [7, 11) is 0. The number of nitrogens with zero attached hydrogens (tertiary/aromatic N) is 2. The van der Waals surface area contributed by atoms with Gasteiger partial charge >= 0.3 is 0 Å². The van der Waals surface area contributed by atoms with Gasteiger partial charge in [-0.15, -0.1) is 0 Å². The first-order chi connectivity index (χ1) is 24.5. The normalized spacial score (nSPS) is 22.4. The number of hydrogen-bond donors (Lipinski definition) is 5. The number of anilines is 1. The van der Waals surface area contributed by atoms with Crippen LogP contribution in [0.25, 0.3) is 44.9 Å². The zero-order valence-corrected chi connectivity index (χ0v) is 28.3. The Labute approximate surface area is 291 Å². The van der Waals surface area contributed by atoms with Gasteiger partial charge in [-0.05, 0) is 43.0 Å². The van der Waals surface area contributed by atoms with Gasteiger partial charge in [0.15, 0.2) is 23.4 Å². The van der Waals surface area contributed by atoms with Gasteiger partial charge in [-0.2, -0.15) is 0 Å². The van der Waals surface area contributed by atoms with Crippen molar-refractivity contribution in [3.63, 3.8) is 0 Å². The monoisotopic (exact) mass is 682 g/mol. The van der Waals surface area contributed by atoms with Gasteiger partial charge < -0.3 is 39.6 Å². The van der Waals surface area contributed by atoms with Crippen molar-refractivity contribution in [1.82, 2.24) is 25.6 Å². The topological polar surface area (TPSA) is 168 Å². The van der Waals surface area contributed by atoms with Gasteiger partial charge in [-0.25, -0.2) is 9.97 Å². The van der Waals surface area contributed by atoms with E-state index in [2.05, 4.69) is 45.2 Å². The van der Waals surface area contributed by atoms with Crippen molar-refractivity contribution in [2.75, 3.05) is 5.32 Å². The average molecular weight is 683 g/mol. The van der Waals surface area contributed by atoms with E-state index in [0.717, 1.165) is 50.0 Å². The highest BCUT2D eigenvalue weighted by molar-refractivity contribution is 6.07. The maximum absolute atomic E-state index is 14.1. The molecule has 51 heavy (non-hydrogen) atoms. The minimum absolute atomic E-state index is 0.160. The van der Waals surface area contributed by atoms with Gasteiger partial charge in [0, 0.05) is 51.5 Å². The van der Waals surface area contributed by atoms with Crippen LogP contribution < -0.4 is 20.7 Å². The summed E-state index contributed by atoms with van der Waals surface area (Å²) in [5, 5.41) is 21.2. The molecule has 5 N–H and O–H groups in total. The fraction of sp³-hybridized carbons (Fsp3) is 0.282. The summed E-state index contributed by atoms with van der Waals surface area (Å²) < 4.78 is 20.3. The Hall–Kier alpha value is -5.88. The molecule has 1 unspecified atom stereocenters. The predicted molar refractivity (Wildman–Crippen MR) is 187 cm³/mol. The lowest BCUT2D eigenvalue weighted by molar-refractivity contribution is -0.139. The first-order valence-electron chi connectivity index (χ1n) is 17.1. The van der Waals surface area contributed by atoms with Crippen LogP contribution in [0.4, 0.5) is 5.69 Å². The molecule has 4 atom stereocenters. The molecule has 6 aromatic rings. The van der Waals surface area contributed by atoms with Gasteiger partial charge in [0.05, 0.1) is 6.20 Å². The summed E-state index contributed by atoms with van der Waals surface area (Å²) in [5.74, 6) is 0.954. The minimum Gasteiger partial charge on any atom is -0.469 e. The van der Waals surface area contributed by atoms with E-state index >= 15 is 0 Å². The standard InChI is InChI=1S/C39H34N6O6/c1-17(2)29-35-44-31-32(51-35)39-22-9-5-8-20(19-7-6-10-24-28(19)21(15-40-24)27-16-41-34(31)49-27)30(22)45-37(39)50-26-12-11-18(13-23(26)39)14-25(33(46)43-29)42-36(47)38(3,4)48/h5-13,15-17,25,29,37,40,45,48H,14H2,1-4H3,(H,42,47)(H,43,46)/t25-,29-,37-,39?/m0/s1. The molecular weight excluding hydrogens is 648 g/mol. The summed E-state index contributed by atoms with van der Waals surface area (Å²) in [5.41, 5.74) is 4.89. The molecule has 10 bridgehead atoms. The van der Waals surface area contributed by atoms with Crippen molar-refractivity contribution in [2.45, 2.75) is 63.4 Å². The van der Waals surface area contributed by atoms with E-state index in [1.54, 1.807) is 6.20 Å². The molecule has 256 valence electrons. The lowest BCUT2D eigenvalue weighted by Gasteiger charge is -2.29. The highest BCUT2D eigenvalue weighted by Crippen LogP contribution is 2.61. The van der Waals surface area contributed by atoms with Crippen LogP contribution in [0.15, 0.2) is 75.8 Å². The van der Waals surface area contributed by atoms with E-state index in [1.165, 1.54) is 13.8 Å². The number of aliphatic hydroxyl groups is 1. The fourth-order valence-corrected chi connectivity index (χ4v) is 8.19. The van der Waals surface area contributed by atoms with E-state index in [9.17, 15) is 14.7 Å². The Morgan fingerprint density at radius 3 is 2.69 bits per heavy atom. The number of carbonyl (C=O) groups excluding carboxylic acids is 2. The molecule has 3 aromatic heterocycles. The number of benzene rings is 3. The number of nitrogens with one attached hydrogen (secondary N) is 4. The third kappa shape index (κ3) is 4.04. The fourth-order valence-electron chi connectivity index (χ4n) is 8.19. The minimum atomic E-state index is -1.70. The first-order valence-corrected chi connectivity index (χ1v) is 17.1. The van der Waals surface area contributed by atoms with E-state index in [0.29, 0.717) is 23.0 Å². The lowest BCUT2D eigenvalue weighted by atomic mass is 9.72. The molecule has 4 aliphatic heterocycles. The summed E-state index contributed by atoms with van der Waals surface area (Å²) in [4.78, 5) is 40.4. The zero-order chi connectivity index (χ0) is 35.0. The van der Waals surface area contributed by atoms with Crippen LogP contribution in [0.5, 0.6) is 5.75 Å². The number of ether oxygens (including phenoxy) is 1. The first kappa shape index (κ1) is 30.0. The average Bonchev–Trinajstić information content (AvgIpc) is 3.91. The van der Waals surface area contributed by atoms with Gasteiger partial charge in [0.25, 0.3) is 5.91 Å². The maximum atomic E-state index is 14.1.